The largest absolute Gasteiger partial charge is 0.505 e. The lowest BCUT2D eigenvalue weighted by molar-refractivity contribution is -0.138. The zero-order valence-electron chi connectivity index (χ0n) is 16.6. The Morgan fingerprint density at radius 2 is 1.70 bits per heavy atom. The molecule has 6 nitrogen and oxygen atoms in total. The maximum atomic E-state index is 13.5. The van der Waals surface area contributed by atoms with Gasteiger partial charge in [-0.2, -0.15) is 13.2 Å². The summed E-state index contributed by atoms with van der Waals surface area (Å²) in [6, 6.07) is 3.57. The van der Waals surface area contributed by atoms with Crippen LogP contribution in [0.15, 0.2) is 35.2 Å². The van der Waals surface area contributed by atoms with Gasteiger partial charge >= 0.3 is 6.18 Å². The summed E-state index contributed by atoms with van der Waals surface area (Å²) in [7, 11) is 0.781. The van der Waals surface area contributed by atoms with Gasteiger partial charge in [0.15, 0.2) is 5.75 Å². The molecule has 0 aliphatic carbocycles. The minimum atomic E-state index is -5.02. The molecule has 2 aliphatic rings. The molecule has 2 atom stereocenters. The van der Waals surface area contributed by atoms with Crippen LogP contribution in [0.5, 0.6) is 5.75 Å². The molecule has 1 amide bonds. The number of amides is 1. The number of alkyl halides is 3. The molecule has 2 bridgehead atoms. The predicted octanol–water partition coefficient (Wildman–Crippen LogP) is 4.62. The first kappa shape index (κ1) is 23.9. The van der Waals surface area contributed by atoms with Crippen LogP contribution in [-0.2, 0) is 15.2 Å². The number of likely N-dealkylation sites (tertiary alicyclic amines) is 1. The molecule has 2 heterocycles. The van der Waals surface area contributed by atoms with Gasteiger partial charge in [0.05, 0.1) is 21.2 Å². The average Bonchev–Trinajstić information content (AvgIpc) is 2.94. The fraction of sp³-hybridized carbons (Fsp3) is 0.350. The first-order valence-corrected chi connectivity index (χ1v) is 12.4. The van der Waals surface area contributed by atoms with Crippen molar-refractivity contribution >= 4 is 42.9 Å². The lowest BCUT2D eigenvalue weighted by Gasteiger charge is -2.43. The van der Waals surface area contributed by atoms with Gasteiger partial charge in [-0.3, -0.25) is 4.79 Å². The quantitative estimate of drug-likeness (QED) is 0.466. The molecular weight excluding hydrogens is 511 g/mol. The second-order valence-corrected chi connectivity index (χ2v) is 10.9. The van der Waals surface area contributed by atoms with Crippen LogP contribution >= 0.6 is 22.3 Å². The number of hydrogen-bond acceptors (Lipinski definition) is 5. The van der Waals surface area contributed by atoms with Crippen LogP contribution in [0, 0.1) is 5.82 Å². The van der Waals surface area contributed by atoms with Gasteiger partial charge in [-0.1, -0.05) is 11.6 Å². The fourth-order valence-electron chi connectivity index (χ4n) is 4.44. The lowest BCUT2D eigenvalue weighted by atomic mass is 10.1. The predicted molar refractivity (Wildman–Crippen MR) is 113 cm³/mol. The molecule has 2 fully saturated rings. The van der Waals surface area contributed by atoms with Crippen LogP contribution in [0.3, 0.4) is 0 Å². The van der Waals surface area contributed by atoms with Gasteiger partial charge < -0.3 is 14.9 Å². The highest BCUT2D eigenvalue weighted by molar-refractivity contribution is 8.13. The summed E-state index contributed by atoms with van der Waals surface area (Å²) in [5.74, 6) is -2.18. The molecular formula is C20H16Cl2F4N2O4S. The number of phenolic OH excluding ortho intramolecular Hbond substituents is 1. The van der Waals surface area contributed by atoms with E-state index < -0.39 is 55.2 Å². The van der Waals surface area contributed by atoms with Gasteiger partial charge in [0.1, 0.15) is 11.4 Å². The van der Waals surface area contributed by atoms with Crippen molar-refractivity contribution in [2.75, 3.05) is 18.0 Å². The van der Waals surface area contributed by atoms with Crippen molar-refractivity contribution in [2.24, 2.45) is 0 Å². The van der Waals surface area contributed by atoms with Crippen molar-refractivity contribution in [1.29, 1.82) is 0 Å². The highest BCUT2D eigenvalue weighted by Crippen LogP contribution is 2.47. The van der Waals surface area contributed by atoms with Gasteiger partial charge in [0, 0.05) is 35.9 Å². The standard InChI is InChI=1S/C20H16Cl2F4N2O4S/c21-16-5-10(23)1-4-14(16)19(30)27-8-11-2-3-12(9-27)28(11)17-7-13(33(22,31)32)6-15(18(17)29)20(24,25)26/h1,4-7,11-12,29H,2-3,8-9H2. The zero-order valence-corrected chi connectivity index (χ0v) is 18.9. The molecule has 4 rings (SSSR count). The molecule has 2 aliphatic heterocycles. The number of nitrogens with zero attached hydrogens (tertiary/aromatic N) is 2. The Kier molecular flexibility index (Phi) is 5.95. The number of halogens is 6. The molecule has 0 aromatic heterocycles. The molecule has 2 saturated heterocycles. The summed E-state index contributed by atoms with van der Waals surface area (Å²) in [4.78, 5) is 15.1. The lowest BCUT2D eigenvalue weighted by Crippen LogP contribution is -2.55. The molecule has 13 heteroatoms. The SMILES string of the molecule is O=C(c1ccc(F)cc1Cl)N1CC2CCC(C1)N2c1cc(S(=O)(=O)Cl)cc(C(F)(F)F)c1O. The molecule has 0 saturated carbocycles. The Morgan fingerprint density at radius 1 is 1.09 bits per heavy atom. The van der Waals surface area contributed by atoms with E-state index in [1.165, 1.54) is 15.9 Å². The molecule has 2 aromatic rings. The number of carbonyl (C=O) groups is 1. The van der Waals surface area contributed by atoms with E-state index in [0.29, 0.717) is 18.9 Å². The van der Waals surface area contributed by atoms with E-state index in [0.717, 1.165) is 18.2 Å². The number of fused-ring (bicyclic) bond motifs is 2. The molecule has 33 heavy (non-hydrogen) atoms. The van der Waals surface area contributed by atoms with Gasteiger partial charge in [-0.05, 0) is 43.2 Å². The molecule has 0 spiro atoms. The number of benzene rings is 2. The summed E-state index contributed by atoms with van der Waals surface area (Å²) in [6.07, 6.45) is -4.04. The molecule has 0 radical (unpaired) electrons. The highest BCUT2D eigenvalue weighted by atomic mass is 35.7. The summed E-state index contributed by atoms with van der Waals surface area (Å²) in [5, 5.41) is 10.3. The Bertz CT molecular complexity index is 1230. The summed E-state index contributed by atoms with van der Waals surface area (Å²) < 4.78 is 77.4. The van der Waals surface area contributed by atoms with Crippen LogP contribution in [0.4, 0.5) is 23.2 Å². The zero-order chi connectivity index (χ0) is 24.3. The van der Waals surface area contributed by atoms with Crippen LogP contribution in [0.1, 0.15) is 28.8 Å². The highest BCUT2D eigenvalue weighted by Gasteiger charge is 2.45. The van der Waals surface area contributed by atoms with E-state index >= 15 is 0 Å². The Hall–Kier alpha value is -2.24. The smallest absolute Gasteiger partial charge is 0.420 e. The second-order valence-electron chi connectivity index (χ2n) is 7.90. The normalized spacial score (nSPS) is 20.9. The summed E-state index contributed by atoms with van der Waals surface area (Å²) in [6.45, 7) is 0.170. The Morgan fingerprint density at radius 3 is 2.21 bits per heavy atom. The summed E-state index contributed by atoms with van der Waals surface area (Å²) in [5.41, 5.74) is -1.75. The minimum absolute atomic E-state index is 0.0674. The van der Waals surface area contributed by atoms with E-state index in [2.05, 4.69) is 0 Å². The van der Waals surface area contributed by atoms with Crippen molar-refractivity contribution in [1.82, 2.24) is 4.90 Å². The van der Waals surface area contributed by atoms with E-state index in [9.17, 15) is 35.9 Å². The average molecular weight is 527 g/mol. The van der Waals surface area contributed by atoms with Crippen molar-refractivity contribution in [2.45, 2.75) is 36.0 Å². The number of rotatable bonds is 3. The van der Waals surface area contributed by atoms with Crippen molar-refractivity contribution in [3.63, 3.8) is 0 Å². The van der Waals surface area contributed by atoms with E-state index in [1.54, 1.807) is 0 Å². The van der Waals surface area contributed by atoms with Crippen LogP contribution in [0.2, 0.25) is 5.02 Å². The van der Waals surface area contributed by atoms with E-state index in [1.807, 2.05) is 0 Å². The molecule has 2 unspecified atom stereocenters. The van der Waals surface area contributed by atoms with Crippen molar-refractivity contribution in [3.8, 4) is 5.75 Å². The van der Waals surface area contributed by atoms with Crippen molar-refractivity contribution < 1.29 is 35.9 Å². The number of anilines is 1. The van der Waals surface area contributed by atoms with Gasteiger partial charge in [-0.15, -0.1) is 0 Å². The van der Waals surface area contributed by atoms with E-state index in [4.69, 9.17) is 22.3 Å². The second kappa shape index (κ2) is 8.21. The van der Waals surface area contributed by atoms with Gasteiger partial charge in [0.25, 0.3) is 15.0 Å². The molecule has 2 aromatic carbocycles. The number of carbonyl (C=O) groups excluding carboxylic acids is 1. The fourth-order valence-corrected chi connectivity index (χ4v) is 5.47. The number of phenols is 1. The van der Waals surface area contributed by atoms with E-state index in [-0.39, 0.29) is 29.4 Å². The third-order valence-electron chi connectivity index (χ3n) is 5.86. The Balaban J connectivity index is 1.70. The first-order chi connectivity index (χ1) is 15.3. The van der Waals surface area contributed by atoms with Gasteiger partial charge in [-0.25, -0.2) is 12.8 Å². The molecule has 178 valence electrons. The number of piperazine rings is 1. The van der Waals surface area contributed by atoms with Crippen LogP contribution in [-0.4, -0.2) is 49.5 Å². The molecule has 1 N–H and O–H groups in total. The summed E-state index contributed by atoms with van der Waals surface area (Å²) >= 11 is 5.99. The third-order valence-corrected chi connectivity index (χ3v) is 7.51. The third kappa shape index (κ3) is 4.45. The first-order valence-electron chi connectivity index (χ1n) is 9.69. The maximum absolute atomic E-state index is 13.5. The minimum Gasteiger partial charge on any atom is -0.505 e. The van der Waals surface area contributed by atoms with Crippen molar-refractivity contribution in [3.05, 3.63) is 52.3 Å². The number of hydrogen-bond donors (Lipinski definition) is 1. The van der Waals surface area contributed by atoms with Crippen LogP contribution in [0.25, 0.3) is 0 Å². The van der Waals surface area contributed by atoms with Gasteiger partial charge in [0.2, 0.25) is 0 Å². The number of aromatic hydroxyl groups is 1. The Labute approximate surface area is 195 Å². The maximum Gasteiger partial charge on any atom is 0.420 e. The van der Waals surface area contributed by atoms with Crippen LogP contribution < -0.4 is 4.90 Å². The topological polar surface area (TPSA) is 77.9 Å². The monoisotopic (exact) mass is 526 g/mol.